The molecule has 3 nitrogen and oxygen atoms in total. The first kappa shape index (κ1) is 8.97. The number of aromatic nitrogens is 1. The van der Waals surface area contributed by atoms with E-state index in [-0.39, 0.29) is 0 Å². The molecule has 2 N–H and O–H groups in total. The van der Waals surface area contributed by atoms with Crippen LogP contribution in [-0.4, -0.2) is 11.5 Å². The van der Waals surface area contributed by atoms with Gasteiger partial charge < -0.3 is 10.2 Å². The van der Waals surface area contributed by atoms with Gasteiger partial charge in [0.2, 0.25) is 0 Å². The molecule has 0 aliphatic carbocycles. The summed E-state index contributed by atoms with van der Waals surface area (Å²) in [7, 11) is 0. The quantitative estimate of drug-likeness (QED) is 0.799. The van der Waals surface area contributed by atoms with Gasteiger partial charge in [0, 0.05) is 5.56 Å². The molecule has 3 heteroatoms. The van der Waals surface area contributed by atoms with E-state index < -0.39 is 0 Å². The van der Waals surface area contributed by atoms with E-state index in [1.165, 1.54) is 12.0 Å². The molecular weight excluding hydrogens is 176 g/mol. The van der Waals surface area contributed by atoms with E-state index in [4.69, 9.17) is 10.2 Å². The summed E-state index contributed by atoms with van der Waals surface area (Å²) in [5, 5.41) is 0. The number of oxazole rings is 1. The van der Waals surface area contributed by atoms with Crippen LogP contribution < -0.4 is 5.73 Å². The van der Waals surface area contributed by atoms with Crippen LogP contribution >= 0.6 is 0 Å². The minimum Gasteiger partial charge on any atom is -0.444 e. The van der Waals surface area contributed by atoms with Gasteiger partial charge in [0.05, 0.1) is 6.20 Å². The van der Waals surface area contributed by atoms with Gasteiger partial charge in [0.1, 0.15) is 0 Å². The Morgan fingerprint density at radius 1 is 1.21 bits per heavy atom. The molecule has 0 aliphatic heterocycles. The van der Waals surface area contributed by atoms with Crippen LogP contribution in [0.4, 0.5) is 0 Å². The van der Waals surface area contributed by atoms with Gasteiger partial charge in [-0.2, -0.15) is 0 Å². The van der Waals surface area contributed by atoms with Gasteiger partial charge in [-0.25, -0.2) is 4.98 Å². The van der Waals surface area contributed by atoms with Crippen molar-refractivity contribution in [1.29, 1.82) is 0 Å². The maximum Gasteiger partial charge on any atom is 0.181 e. The summed E-state index contributed by atoms with van der Waals surface area (Å²) in [5.41, 5.74) is 7.76. The molecule has 0 atom stereocenters. The third kappa shape index (κ3) is 1.83. The third-order valence-electron chi connectivity index (χ3n) is 2.10. The first-order chi connectivity index (χ1) is 6.90. The van der Waals surface area contributed by atoms with E-state index in [0.717, 1.165) is 17.7 Å². The van der Waals surface area contributed by atoms with Crippen molar-refractivity contribution in [2.45, 2.75) is 6.42 Å². The van der Waals surface area contributed by atoms with E-state index >= 15 is 0 Å². The smallest absolute Gasteiger partial charge is 0.181 e. The highest BCUT2D eigenvalue weighted by Crippen LogP contribution is 2.18. The van der Waals surface area contributed by atoms with Gasteiger partial charge in [0.15, 0.2) is 12.2 Å². The molecule has 0 amide bonds. The second-order valence-electron chi connectivity index (χ2n) is 3.10. The van der Waals surface area contributed by atoms with Crippen molar-refractivity contribution in [3.63, 3.8) is 0 Å². The highest BCUT2D eigenvalue weighted by molar-refractivity contribution is 5.56. The molecule has 0 bridgehead atoms. The average Bonchev–Trinajstić information content (AvgIpc) is 2.72. The Morgan fingerprint density at radius 3 is 2.57 bits per heavy atom. The lowest BCUT2D eigenvalue weighted by atomic mass is 10.1. The summed E-state index contributed by atoms with van der Waals surface area (Å²) in [6, 6.07) is 8.16. The van der Waals surface area contributed by atoms with Crippen molar-refractivity contribution in [3.05, 3.63) is 42.4 Å². The highest BCUT2D eigenvalue weighted by Gasteiger charge is 2.00. The first-order valence-electron chi connectivity index (χ1n) is 4.58. The highest BCUT2D eigenvalue weighted by atomic mass is 16.3. The molecule has 2 aromatic rings. The predicted octanol–water partition coefficient (Wildman–Crippen LogP) is 1.84. The second-order valence-corrected chi connectivity index (χ2v) is 3.10. The van der Waals surface area contributed by atoms with E-state index in [2.05, 4.69) is 17.1 Å². The Morgan fingerprint density at radius 2 is 2.00 bits per heavy atom. The molecule has 0 spiro atoms. The third-order valence-corrected chi connectivity index (χ3v) is 2.10. The summed E-state index contributed by atoms with van der Waals surface area (Å²) >= 11 is 0. The van der Waals surface area contributed by atoms with Gasteiger partial charge in [-0.1, -0.05) is 24.3 Å². The zero-order valence-corrected chi connectivity index (χ0v) is 7.81. The molecule has 0 saturated heterocycles. The van der Waals surface area contributed by atoms with E-state index in [9.17, 15) is 0 Å². The summed E-state index contributed by atoms with van der Waals surface area (Å²) < 4.78 is 5.18. The largest absolute Gasteiger partial charge is 0.444 e. The van der Waals surface area contributed by atoms with Crippen molar-refractivity contribution in [2.75, 3.05) is 6.54 Å². The monoisotopic (exact) mass is 188 g/mol. The van der Waals surface area contributed by atoms with Crippen molar-refractivity contribution in [3.8, 4) is 11.3 Å². The standard InChI is InChI=1S/C11H12N2O/c12-6-5-9-1-3-10(4-2-9)11-7-13-8-14-11/h1-4,7-8H,5-6,12H2. The number of hydrogen-bond acceptors (Lipinski definition) is 3. The minimum atomic E-state index is 0.682. The number of rotatable bonds is 3. The normalized spacial score (nSPS) is 10.4. The maximum atomic E-state index is 5.46. The Bertz CT molecular complexity index is 378. The summed E-state index contributed by atoms with van der Waals surface area (Å²) in [6.45, 7) is 0.682. The van der Waals surface area contributed by atoms with Crippen LogP contribution in [0.25, 0.3) is 11.3 Å². The predicted molar refractivity (Wildman–Crippen MR) is 54.7 cm³/mol. The molecule has 0 radical (unpaired) electrons. The van der Waals surface area contributed by atoms with Crippen LogP contribution in [0.2, 0.25) is 0 Å². The van der Waals surface area contributed by atoms with Crippen molar-refractivity contribution in [1.82, 2.24) is 4.98 Å². The van der Waals surface area contributed by atoms with E-state index in [1.54, 1.807) is 6.20 Å². The summed E-state index contributed by atoms with van der Waals surface area (Å²) in [5.74, 6) is 0.796. The number of hydrogen-bond donors (Lipinski definition) is 1. The lowest BCUT2D eigenvalue weighted by Gasteiger charge is -1.99. The zero-order valence-electron chi connectivity index (χ0n) is 7.81. The van der Waals surface area contributed by atoms with Crippen LogP contribution in [0, 0.1) is 0 Å². The molecule has 0 unspecified atom stereocenters. The zero-order chi connectivity index (χ0) is 9.80. The van der Waals surface area contributed by atoms with Crippen LogP contribution in [0.1, 0.15) is 5.56 Å². The number of benzene rings is 1. The maximum absolute atomic E-state index is 5.46. The Hall–Kier alpha value is -1.61. The summed E-state index contributed by atoms with van der Waals surface area (Å²) in [4.78, 5) is 3.87. The SMILES string of the molecule is NCCc1ccc(-c2cnco2)cc1. The minimum absolute atomic E-state index is 0.682. The van der Waals surface area contributed by atoms with Gasteiger partial charge in [-0.15, -0.1) is 0 Å². The van der Waals surface area contributed by atoms with Crippen LogP contribution in [0.3, 0.4) is 0 Å². The number of nitrogens with zero attached hydrogens (tertiary/aromatic N) is 1. The van der Waals surface area contributed by atoms with Gasteiger partial charge >= 0.3 is 0 Å². The summed E-state index contributed by atoms with van der Waals surface area (Å²) in [6.07, 6.45) is 4.05. The van der Waals surface area contributed by atoms with Crippen molar-refractivity contribution >= 4 is 0 Å². The van der Waals surface area contributed by atoms with Gasteiger partial charge in [-0.05, 0) is 18.5 Å². The average molecular weight is 188 g/mol. The fourth-order valence-electron chi connectivity index (χ4n) is 1.36. The van der Waals surface area contributed by atoms with E-state index in [0.29, 0.717) is 6.54 Å². The van der Waals surface area contributed by atoms with E-state index in [1.807, 2.05) is 12.1 Å². The van der Waals surface area contributed by atoms with Gasteiger partial charge in [0.25, 0.3) is 0 Å². The molecule has 2 rings (SSSR count). The molecule has 1 aromatic carbocycles. The first-order valence-corrected chi connectivity index (χ1v) is 4.58. The van der Waals surface area contributed by atoms with Gasteiger partial charge in [-0.3, -0.25) is 0 Å². The topological polar surface area (TPSA) is 52.0 Å². The second kappa shape index (κ2) is 4.07. The Labute approximate surface area is 82.6 Å². The van der Waals surface area contributed by atoms with Crippen LogP contribution in [0.15, 0.2) is 41.3 Å². The lowest BCUT2D eigenvalue weighted by Crippen LogP contribution is -2.02. The van der Waals surface area contributed by atoms with Crippen LogP contribution in [0.5, 0.6) is 0 Å². The molecule has 1 aromatic heterocycles. The molecule has 72 valence electrons. The number of nitrogens with two attached hydrogens (primary N) is 1. The molecule has 0 saturated carbocycles. The Kier molecular flexibility index (Phi) is 2.60. The molecular formula is C11H12N2O. The molecule has 14 heavy (non-hydrogen) atoms. The van der Waals surface area contributed by atoms with Crippen molar-refractivity contribution < 1.29 is 4.42 Å². The molecule has 0 fully saturated rings. The van der Waals surface area contributed by atoms with Crippen LogP contribution in [-0.2, 0) is 6.42 Å². The fourth-order valence-corrected chi connectivity index (χ4v) is 1.36. The van der Waals surface area contributed by atoms with Crippen molar-refractivity contribution in [2.24, 2.45) is 5.73 Å². The molecule has 1 heterocycles. The lowest BCUT2D eigenvalue weighted by molar-refractivity contribution is 0.572. The Balaban J connectivity index is 2.22. The molecule has 0 aliphatic rings. The fraction of sp³-hybridized carbons (Fsp3) is 0.182.